The van der Waals surface area contributed by atoms with E-state index in [0.717, 1.165) is 13.0 Å². The highest BCUT2D eigenvalue weighted by atomic mass is 16.5. The quantitative estimate of drug-likeness (QED) is 0.697. The van der Waals surface area contributed by atoms with Gasteiger partial charge in [0.2, 0.25) is 0 Å². The minimum absolute atomic E-state index is 0.518. The fraction of sp³-hybridized carbons (Fsp3) is 0.900. The van der Waals surface area contributed by atoms with Gasteiger partial charge in [-0.3, -0.25) is 0 Å². The summed E-state index contributed by atoms with van der Waals surface area (Å²) >= 11 is 0. The summed E-state index contributed by atoms with van der Waals surface area (Å²) in [5.74, 6) is -0.887. The standard InChI is InChI=1S/C10H19NO3/c1-8(10(12)13)14-7-5-9-4-2-3-6-11-9/h8-9,11H,2-7H2,1H3,(H,12,13). The van der Waals surface area contributed by atoms with Crippen LogP contribution in [0.4, 0.5) is 0 Å². The molecule has 1 fully saturated rings. The molecular weight excluding hydrogens is 182 g/mol. The van der Waals surface area contributed by atoms with Crippen LogP contribution in [-0.2, 0) is 9.53 Å². The van der Waals surface area contributed by atoms with E-state index in [4.69, 9.17) is 9.84 Å². The Bertz CT molecular complexity index is 178. The van der Waals surface area contributed by atoms with Crippen molar-refractivity contribution in [3.05, 3.63) is 0 Å². The number of aliphatic carboxylic acids is 1. The topological polar surface area (TPSA) is 58.6 Å². The molecule has 82 valence electrons. The lowest BCUT2D eigenvalue weighted by Crippen LogP contribution is -2.35. The highest BCUT2D eigenvalue weighted by molar-refractivity contribution is 5.71. The van der Waals surface area contributed by atoms with Gasteiger partial charge in [0.1, 0.15) is 0 Å². The van der Waals surface area contributed by atoms with Crippen LogP contribution >= 0.6 is 0 Å². The van der Waals surface area contributed by atoms with Gasteiger partial charge in [-0.2, -0.15) is 0 Å². The van der Waals surface area contributed by atoms with Crippen LogP contribution in [0, 0.1) is 0 Å². The molecule has 0 bridgehead atoms. The lowest BCUT2D eigenvalue weighted by molar-refractivity contribution is -0.149. The van der Waals surface area contributed by atoms with E-state index in [-0.39, 0.29) is 0 Å². The molecular formula is C10H19NO3. The third-order valence-electron chi connectivity index (χ3n) is 2.59. The monoisotopic (exact) mass is 201 g/mol. The van der Waals surface area contributed by atoms with Crippen molar-refractivity contribution >= 4 is 5.97 Å². The largest absolute Gasteiger partial charge is 0.479 e. The summed E-state index contributed by atoms with van der Waals surface area (Å²) in [6, 6.07) is 0.518. The Morgan fingerprint density at radius 3 is 3.00 bits per heavy atom. The van der Waals surface area contributed by atoms with Gasteiger partial charge in [0, 0.05) is 12.6 Å². The fourth-order valence-corrected chi connectivity index (χ4v) is 1.63. The van der Waals surface area contributed by atoms with Gasteiger partial charge < -0.3 is 15.2 Å². The molecule has 1 aliphatic heterocycles. The molecule has 1 saturated heterocycles. The predicted octanol–water partition coefficient (Wildman–Crippen LogP) is 1.01. The van der Waals surface area contributed by atoms with Gasteiger partial charge in [-0.05, 0) is 32.7 Å². The molecule has 0 amide bonds. The normalized spacial score (nSPS) is 24.5. The SMILES string of the molecule is CC(OCCC1CCCCN1)C(=O)O. The highest BCUT2D eigenvalue weighted by Crippen LogP contribution is 2.10. The minimum Gasteiger partial charge on any atom is -0.479 e. The van der Waals surface area contributed by atoms with E-state index in [1.165, 1.54) is 19.3 Å². The van der Waals surface area contributed by atoms with Crippen molar-refractivity contribution in [3.63, 3.8) is 0 Å². The zero-order valence-corrected chi connectivity index (χ0v) is 8.66. The summed E-state index contributed by atoms with van der Waals surface area (Å²) in [4.78, 5) is 10.4. The Kier molecular flexibility index (Phi) is 4.90. The minimum atomic E-state index is -0.887. The maximum Gasteiger partial charge on any atom is 0.332 e. The number of piperidine rings is 1. The molecule has 0 aromatic rings. The Hall–Kier alpha value is -0.610. The van der Waals surface area contributed by atoms with Crippen molar-refractivity contribution in [1.82, 2.24) is 5.32 Å². The summed E-state index contributed by atoms with van der Waals surface area (Å²) in [5.41, 5.74) is 0. The second-order valence-electron chi connectivity index (χ2n) is 3.79. The number of ether oxygens (including phenoxy) is 1. The van der Waals surface area contributed by atoms with Crippen LogP contribution in [0.3, 0.4) is 0 Å². The van der Waals surface area contributed by atoms with E-state index < -0.39 is 12.1 Å². The molecule has 1 heterocycles. The third-order valence-corrected chi connectivity index (χ3v) is 2.59. The summed E-state index contributed by atoms with van der Waals surface area (Å²) in [6.45, 7) is 3.18. The molecule has 1 aliphatic rings. The van der Waals surface area contributed by atoms with Crippen LogP contribution in [0.25, 0.3) is 0 Å². The van der Waals surface area contributed by atoms with Crippen LogP contribution in [0.15, 0.2) is 0 Å². The van der Waals surface area contributed by atoms with Crippen molar-refractivity contribution in [2.75, 3.05) is 13.2 Å². The van der Waals surface area contributed by atoms with Crippen LogP contribution in [-0.4, -0.2) is 36.4 Å². The molecule has 0 spiro atoms. The average Bonchev–Trinajstić information content (AvgIpc) is 2.19. The molecule has 0 aromatic heterocycles. The zero-order valence-electron chi connectivity index (χ0n) is 8.66. The van der Waals surface area contributed by atoms with Crippen molar-refractivity contribution < 1.29 is 14.6 Å². The summed E-state index contributed by atoms with van der Waals surface area (Å²) in [6.07, 6.45) is 3.94. The first-order valence-electron chi connectivity index (χ1n) is 5.28. The summed E-state index contributed by atoms with van der Waals surface area (Å²) in [7, 11) is 0. The van der Waals surface area contributed by atoms with Gasteiger partial charge >= 0.3 is 5.97 Å². The van der Waals surface area contributed by atoms with E-state index >= 15 is 0 Å². The van der Waals surface area contributed by atoms with Gasteiger partial charge in [-0.1, -0.05) is 6.42 Å². The molecule has 0 radical (unpaired) electrons. The number of hydrogen-bond donors (Lipinski definition) is 2. The molecule has 2 unspecified atom stereocenters. The van der Waals surface area contributed by atoms with E-state index in [1.807, 2.05) is 0 Å². The first-order chi connectivity index (χ1) is 6.70. The van der Waals surface area contributed by atoms with Gasteiger partial charge in [0.25, 0.3) is 0 Å². The molecule has 0 aromatic carbocycles. The summed E-state index contributed by atoms with van der Waals surface area (Å²) < 4.78 is 5.17. The Morgan fingerprint density at radius 1 is 1.64 bits per heavy atom. The van der Waals surface area contributed by atoms with Crippen molar-refractivity contribution in [1.29, 1.82) is 0 Å². The highest BCUT2D eigenvalue weighted by Gasteiger charge is 2.14. The Labute approximate surface area is 84.6 Å². The summed E-state index contributed by atoms with van der Waals surface area (Å²) in [5, 5.41) is 12.0. The molecule has 1 rings (SSSR count). The number of rotatable bonds is 5. The smallest absolute Gasteiger partial charge is 0.332 e. The molecule has 0 saturated carbocycles. The Balaban J connectivity index is 2.05. The number of carboxylic acids is 1. The van der Waals surface area contributed by atoms with Crippen molar-refractivity contribution in [2.24, 2.45) is 0 Å². The molecule has 4 nitrogen and oxygen atoms in total. The van der Waals surface area contributed by atoms with Crippen LogP contribution in [0.5, 0.6) is 0 Å². The molecule has 14 heavy (non-hydrogen) atoms. The van der Waals surface area contributed by atoms with Crippen molar-refractivity contribution in [2.45, 2.75) is 44.8 Å². The first-order valence-corrected chi connectivity index (χ1v) is 5.28. The number of carboxylic acid groups (broad SMARTS) is 1. The van der Waals surface area contributed by atoms with E-state index in [1.54, 1.807) is 6.92 Å². The fourth-order valence-electron chi connectivity index (χ4n) is 1.63. The number of hydrogen-bond acceptors (Lipinski definition) is 3. The molecule has 2 N–H and O–H groups in total. The Morgan fingerprint density at radius 2 is 2.43 bits per heavy atom. The third kappa shape index (κ3) is 4.07. The molecule has 0 aliphatic carbocycles. The van der Waals surface area contributed by atoms with E-state index in [0.29, 0.717) is 12.6 Å². The van der Waals surface area contributed by atoms with Gasteiger partial charge in [-0.25, -0.2) is 4.79 Å². The second-order valence-corrected chi connectivity index (χ2v) is 3.79. The van der Waals surface area contributed by atoms with Crippen LogP contribution < -0.4 is 5.32 Å². The number of carbonyl (C=O) groups is 1. The van der Waals surface area contributed by atoms with Crippen LogP contribution in [0.2, 0.25) is 0 Å². The van der Waals surface area contributed by atoms with E-state index in [2.05, 4.69) is 5.32 Å². The second kappa shape index (κ2) is 5.98. The van der Waals surface area contributed by atoms with Crippen molar-refractivity contribution in [3.8, 4) is 0 Å². The lowest BCUT2D eigenvalue weighted by Gasteiger charge is -2.23. The van der Waals surface area contributed by atoms with Gasteiger partial charge in [0.05, 0.1) is 0 Å². The van der Waals surface area contributed by atoms with Gasteiger partial charge in [0.15, 0.2) is 6.10 Å². The average molecular weight is 201 g/mol. The zero-order chi connectivity index (χ0) is 10.4. The van der Waals surface area contributed by atoms with Crippen LogP contribution in [0.1, 0.15) is 32.6 Å². The predicted molar refractivity (Wildman–Crippen MR) is 53.3 cm³/mol. The maximum atomic E-state index is 10.4. The van der Waals surface area contributed by atoms with E-state index in [9.17, 15) is 4.79 Å². The number of nitrogens with one attached hydrogen (secondary N) is 1. The molecule has 4 heteroatoms. The lowest BCUT2D eigenvalue weighted by atomic mass is 10.0. The van der Waals surface area contributed by atoms with Gasteiger partial charge in [-0.15, -0.1) is 0 Å². The first kappa shape index (κ1) is 11.5. The molecule has 2 atom stereocenters. The maximum absolute atomic E-state index is 10.4.